The van der Waals surface area contributed by atoms with Crippen molar-refractivity contribution in [3.05, 3.63) is 53.6 Å². The van der Waals surface area contributed by atoms with Crippen LogP contribution in [0.2, 0.25) is 0 Å². The Bertz CT molecular complexity index is 873. The van der Waals surface area contributed by atoms with Gasteiger partial charge in [-0.2, -0.15) is 5.26 Å². The molecule has 2 atom stereocenters. The summed E-state index contributed by atoms with van der Waals surface area (Å²) in [6, 6.07) is 14.2. The molecule has 0 saturated heterocycles. The average molecular weight is 396 g/mol. The highest BCUT2D eigenvalue weighted by atomic mass is 16.5. The predicted molar refractivity (Wildman–Crippen MR) is 111 cm³/mol. The van der Waals surface area contributed by atoms with Crippen molar-refractivity contribution in [2.45, 2.75) is 39.8 Å². The zero-order valence-corrected chi connectivity index (χ0v) is 17.6. The van der Waals surface area contributed by atoms with Crippen molar-refractivity contribution >= 4 is 5.91 Å². The van der Waals surface area contributed by atoms with Crippen molar-refractivity contribution in [1.82, 2.24) is 5.32 Å². The summed E-state index contributed by atoms with van der Waals surface area (Å²) in [7, 11) is 1.59. The maximum Gasteiger partial charge on any atom is 0.261 e. The largest absolute Gasteiger partial charge is 0.493 e. The quantitative estimate of drug-likeness (QED) is 0.685. The van der Waals surface area contributed by atoms with Gasteiger partial charge in [-0.1, -0.05) is 32.0 Å². The van der Waals surface area contributed by atoms with E-state index in [1.165, 1.54) is 0 Å². The third-order valence-electron chi connectivity index (χ3n) is 4.30. The predicted octanol–water partition coefficient (Wildman–Crippen LogP) is 4.25. The number of para-hydroxylation sites is 1. The van der Waals surface area contributed by atoms with E-state index in [9.17, 15) is 4.79 Å². The Morgan fingerprint density at radius 2 is 1.79 bits per heavy atom. The van der Waals surface area contributed by atoms with Gasteiger partial charge in [0.15, 0.2) is 17.6 Å². The molecule has 0 spiro atoms. The summed E-state index contributed by atoms with van der Waals surface area (Å²) >= 11 is 0. The molecular formula is C23H28N2O4. The number of carbonyl (C=O) groups excluding carboxylic acids is 1. The van der Waals surface area contributed by atoms with Crippen molar-refractivity contribution in [3.8, 4) is 23.3 Å². The second-order valence-corrected chi connectivity index (χ2v) is 7.21. The van der Waals surface area contributed by atoms with Gasteiger partial charge in [0.1, 0.15) is 11.8 Å². The van der Waals surface area contributed by atoms with Crippen LogP contribution >= 0.6 is 0 Å². The van der Waals surface area contributed by atoms with E-state index >= 15 is 0 Å². The first kappa shape index (κ1) is 22.1. The number of nitriles is 1. The Morgan fingerprint density at radius 3 is 2.45 bits per heavy atom. The molecule has 0 aromatic heterocycles. The van der Waals surface area contributed by atoms with Gasteiger partial charge in [-0.3, -0.25) is 4.79 Å². The normalized spacial score (nSPS) is 12.6. The molecule has 2 aromatic carbocycles. The van der Waals surface area contributed by atoms with Crippen LogP contribution in [0.1, 0.15) is 44.9 Å². The molecular weight excluding hydrogens is 368 g/mol. The van der Waals surface area contributed by atoms with Crippen LogP contribution in [0.5, 0.6) is 17.2 Å². The molecule has 0 aliphatic carbocycles. The molecule has 2 aromatic rings. The third-order valence-corrected chi connectivity index (χ3v) is 4.30. The minimum absolute atomic E-state index is 0.257. The van der Waals surface area contributed by atoms with Crippen LogP contribution in [0.3, 0.4) is 0 Å². The molecule has 0 saturated carbocycles. The van der Waals surface area contributed by atoms with Gasteiger partial charge in [0.05, 0.1) is 25.3 Å². The molecule has 154 valence electrons. The Balaban J connectivity index is 2.04. The smallest absolute Gasteiger partial charge is 0.261 e. The molecule has 0 fully saturated rings. The van der Waals surface area contributed by atoms with Gasteiger partial charge >= 0.3 is 0 Å². The van der Waals surface area contributed by atoms with Gasteiger partial charge in [0.2, 0.25) is 0 Å². The molecule has 0 bridgehead atoms. The van der Waals surface area contributed by atoms with E-state index < -0.39 is 6.10 Å². The first-order valence-electron chi connectivity index (χ1n) is 9.62. The number of nitrogens with one attached hydrogen (secondary N) is 1. The van der Waals surface area contributed by atoms with Crippen LogP contribution in [0.25, 0.3) is 0 Å². The van der Waals surface area contributed by atoms with Gasteiger partial charge < -0.3 is 19.5 Å². The van der Waals surface area contributed by atoms with E-state index in [1.807, 2.05) is 25.1 Å². The van der Waals surface area contributed by atoms with E-state index in [0.717, 1.165) is 5.56 Å². The summed E-state index contributed by atoms with van der Waals surface area (Å²) < 4.78 is 16.9. The van der Waals surface area contributed by atoms with Gasteiger partial charge in [-0.25, -0.2) is 0 Å². The first-order chi connectivity index (χ1) is 13.8. The maximum atomic E-state index is 12.6. The maximum absolute atomic E-state index is 12.6. The molecule has 0 aliphatic heterocycles. The second kappa shape index (κ2) is 10.4. The molecule has 2 unspecified atom stereocenters. The van der Waals surface area contributed by atoms with E-state index in [0.29, 0.717) is 35.3 Å². The molecule has 6 heteroatoms. The minimum atomic E-state index is -0.748. The Kier molecular flexibility index (Phi) is 7.90. The van der Waals surface area contributed by atoms with Crippen molar-refractivity contribution in [2.24, 2.45) is 5.92 Å². The summed E-state index contributed by atoms with van der Waals surface area (Å²) in [6.45, 7) is 8.30. The van der Waals surface area contributed by atoms with Crippen LogP contribution in [0, 0.1) is 17.2 Å². The lowest BCUT2D eigenvalue weighted by Gasteiger charge is -2.20. The Morgan fingerprint density at radius 1 is 1.07 bits per heavy atom. The zero-order valence-electron chi connectivity index (χ0n) is 17.6. The van der Waals surface area contributed by atoms with Crippen LogP contribution in [0.4, 0.5) is 0 Å². The number of carbonyl (C=O) groups is 1. The number of hydrogen-bond acceptors (Lipinski definition) is 5. The first-order valence-corrected chi connectivity index (χ1v) is 9.62. The third kappa shape index (κ3) is 6.15. The SMILES string of the molecule is COc1cc(C(C)NC(=O)C(C)Oc2ccccc2C#N)ccc1OCC(C)C. The average Bonchev–Trinajstić information content (AvgIpc) is 2.72. The highest BCUT2D eigenvalue weighted by Crippen LogP contribution is 2.30. The number of hydrogen-bond donors (Lipinski definition) is 1. The van der Waals surface area contributed by atoms with E-state index in [-0.39, 0.29) is 11.9 Å². The van der Waals surface area contributed by atoms with Gasteiger partial charge in [0.25, 0.3) is 5.91 Å². The topological polar surface area (TPSA) is 80.6 Å². The van der Waals surface area contributed by atoms with Crippen LogP contribution in [-0.4, -0.2) is 25.7 Å². The minimum Gasteiger partial charge on any atom is -0.493 e. The summed E-state index contributed by atoms with van der Waals surface area (Å²) in [5.74, 6) is 1.82. The summed E-state index contributed by atoms with van der Waals surface area (Å²) in [4.78, 5) is 12.6. The van der Waals surface area contributed by atoms with Crippen molar-refractivity contribution < 1.29 is 19.0 Å². The monoisotopic (exact) mass is 396 g/mol. The van der Waals surface area contributed by atoms with Gasteiger partial charge in [-0.05, 0) is 49.6 Å². The van der Waals surface area contributed by atoms with Crippen molar-refractivity contribution in [2.75, 3.05) is 13.7 Å². The van der Waals surface area contributed by atoms with Gasteiger partial charge in [-0.15, -0.1) is 0 Å². The highest BCUT2D eigenvalue weighted by Gasteiger charge is 2.20. The Hall–Kier alpha value is -3.20. The lowest BCUT2D eigenvalue weighted by atomic mass is 10.1. The standard InChI is InChI=1S/C23H28N2O4/c1-15(2)14-28-21-11-10-18(12-22(21)27-5)16(3)25-23(26)17(4)29-20-9-7-6-8-19(20)13-24/h6-12,15-17H,14H2,1-5H3,(H,25,26). The zero-order chi connectivity index (χ0) is 21.4. The van der Waals surface area contributed by atoms with E-state index in [1.54, 1.807) is 38.3 Å². The number of benzene rings is 2. The summed E-state index contributed by atoms with van der Waals surface area (Å²) in [5.41, 5.74) is 1.28. The molecule has 1 N–H and O–H groups in total. The fourth-order valence-electron chi connectivity index (χ4n) is 2.65. The van der Waals surface area contributed by atoms with Crippen molar-refractivity contribution in [1.29, 1.82) is 5.26 Å². The highest BCUT2D eigenvalue weighted by molar-refractivity contribution is 5.81. The number of rotatable bonds is 9. The molecule has 6 nitrogen and oxygen atoms in total. The Labute approximate surface area is 172 Å². The second-order valence-electron chi connectivity index (χ2n) is 7.21. The lowest BCUT2D eigenvalue weighted by Crippen LogP contribution is -2.37. The molecule has 29 heavy (non-hydrogen) atoms. The lowest BCUT2D eigenvalue weighted by molar-refractivity contribution is -0.127. The molecule has 0 radical (unpaired) electrons. The van der Waals surface area contributed by atoms with E-state index in [4.69, 9.17) is 19.5 Å². The van der Waals surface area contributed by atoms with Crippen LogP contribution in [0.15, 0.2) is 42.5 Å². The molecule has 1 amide bonds. The number of amides is 1. The fraction of sp³-hybridized carbons (Fsp3) is 0.391. The molecule has 0 aliphatic rings. The molecule has 2 rings (SSSR count). The van der Waals surface area contributed by atoms with Crippen LogP contribution in [-0.2, 0) is 4.79 Å². The number of nitrogens with zero attached hydrogens (tertiary/aromatic N) is 1. The van der Waals surface area contributed by atoms with E-state index in [2.05, 4.69) is 25.2 Å². The van der Waals surface area contributed by atoms with Crippen molar-refractivity contribution in [3.63, 3.8) is 0 Å². The number of methoxy groups -OCH3 is 1. The van der Waals surface area contributed by atoms with Gasteiger partial charge in [0, 0.05) is 0 Å². The summed E-state index contributed by atoms with van der Waals surface area (Å²) in [5, 5.41) is 12.1. The van der Waals surface area contributed by atoms with Crippen LogP contribution < -0.4 is 19.5 Å². The summed E-state index contributed by atoms with van der Waals surface area (Å²) in [6.07, 6.45) is -0.748. The number of ether oxygens (including phenoxy) is 3. The fourth-order valence-corrected chi connectivity index (χ4v) is 2.65. The molecule has 0 heterocycles.